The Balaban J connectivity index is 1.70. The first-order chi connectivity index (χ1) is 19.4. The molecule has 3 aromatic rings. The van der Waals surface area contributed by atoms with E-state index in [2.05, 4.69) is 9.62 Å². The van der Waals surface area contributed by atoms with Gasteiger partial charge in [0.15, 0.2) is 5.75 Å². The maximum Gasteiger partial charge on any atom is 0.262 e. The maximum absolute atomic E-state index is 13.7. The van der Waals surface area contributed by atoms with E-state index in [9.17, 15) is 18.3 Å². The topological polar surface area (TPSA) is 99.2 Å². The van der Waals surface area contributed by atoms with Gasteiger partial charge in [0.1, 0.15) is 6.10 Å². The summed E-state index contributed by atoms with van der Waals surface area (Å²) in [6.45, 7) is 6.81. The Morgan fingerprint density at radius 2 is 1.83 bits per heavy atom. The molecule has 11 heteroatoms. The van der Waals surface area contributed by atoms with E-state index in [0.29, 0.717) is 29.7 Å². The molecule has 0 aliphatic carbocycles. The van der Waals surface area contributed by atoms with Crippen LogP contribution >= 0.6 is 23.2 Å². The van der Waals surface area contributed by atoms with Gasteiger partial charge < -0.3 is 14.7 Å². The Kier molecular flexibility index (Phi) is 9.87. The summed E-state index contributed by atoms with van der Waals surface area (Å²) in [5.74, 6) is -0.339. The van der Waals surface area contributed by atoms with Crippen LogP contribution in [0.2, 0.25) is 10.0 Å². The monoisotopic (exact) mass is 619 g/mol. The number of sulfonamides is 1. The average molecular weight is 621 g/mol. The molecule has 0 fully saturated rings. The van der Waals surface area contributed by atoms with Crippen LogP contribution in [0, 0.1) is 12.8 Å². The van der Waals surface area contributed by atoms with E-state index in [4.69, 9.17) is 27.9 Å². The van der Waals surface area contributed by atoms with Gasteiger partial charge in [-0.1, -0.05) is 60.0 Å². The highest BCUT2D eigenvalue weighted by Crippen LogP contribution is 2.36. The van der Waals surface area contributed by atoms with Crippen molar-refractivity contribution < 1.29 is 23.1 Å². The van der Waals surface area contributed by atoms with E-state index >= 15 is 0 Å². The van der Waals surface area contributed by atoms with Crippen LogP contribution in [0.5, 0.6) is 5.75 Å². The van der Waals surface area contributed by atoms with Crippen molar-refractivity contribution in [1.29, 1.82) is 0 Å². The number of carbonyl (C=O) groups is 1. The number of fused-ring (bicyclic) bond motifs is 1. The lowest BCUT2D eigenvalue weighted by Gasteiger charge is -2.38. The number of hydrogen-bond acceptors (Lipinski definition) is 6. The van der Waals surface area contributed by atoms with Crippen molar-refractivity contribution in [2.45, 2.75) is 44.4 Å². The molecule has 8 nitrogen and oxygen atoms in total. The van der Waals surface area contributed by atoms with Crippen LogP contribution in [0.1, 0.15) is 35.3 Å². The summed E-state index contributed by atoms with van der Waals surface area (Å²) in [4.78, 5) is 17.5. The fourth-order valence-corrected chi connectivity index (χ4v) is 6.17. The fraction of sp³-hybridized carbons (Fsp3) is 0.367. The molecule has 1 amide bonds. The van der Waals surface area contributed by atoms with Crippen LogP contribution in [0.25, 0.3) is 0 Å². The van der Waals surface area contributed by atoms with E-state index in [1.54, 1.807) is 48.2 Å². The summed E-state index contributed by atoms with van der Waals surface area (Å²) in [6.07, 6.45) is -0.423. The quantitative estimate of drug-likeness (QED) is 0.330. The fourth-order valence-electron chi connectivity index (χ4n) is 4.78. The molecule has 2 N–H and O–H groups in total. The molecule has 0 saturated heterocycles. The number of ether oxygens (including phenoxy) is 1. The minimum absolute atomic E-state index is 0.0969. The van der Waals surface area contributed by atoms with Crippen molar-refractivity contribution in [2.24, 2.45) is 5.92 Å². The molecule has 1 aliphatic rings. The number of benzene rings is 3. The molecule has 220 valence electrons. The molecule has 4 rings (SSSR count). The number of carbonyl (C=O) groups excluding carboxylic acids is 1. The SMILES string of the molecule is Cc1ccc(S(=O)(=O)Nc2cccc3c2O[C@@H](CN(C)Cc2ccc(Cl)c(Cl)c2)[C@H](C)CN([C@H](C)CO)C3=O)cc1. The number of nitrogens with zero attached hydrogens (tertiary/aromatic N) is 2. The Labute approximate surface area is 251 Å². The van der Waals surface area contributed by atoms with E-state index in [1.165, 1.54) is 12.1 Å². The van der Waals surface area contributed by atoms with Crippen LogP contribution in [-0.2, 0) is 16.6 Å². The second kappa shape index (κ2) is 13.0. The third-order valence-corrected chi connectivity index (χ3v) is 9.32. The van der Waals surface area contributed by atoms with Gasteiger partial charge in [-0.3, -0.25) is 14.4 Å². The number of amides is 1. The highest BCUT2D eigenvalue weighted by atomic mass is 35.5. The van der Waals surface area contributed by atoms with Crippen molar-refractivity contribution in [1.82, 2.24) is 9.80 Å². The van der Waals surface area contributed by atoms with Crippen molar-refractivity contribution in [3.8, 4) is 5.75 Å². The number of aliphatic hydroxyl groups is 1. The first-order valence-corrected chi connectivity index (χ1v) is 15.6. The van der Waals surface area contributed by atoms with Crippen LogP contribution in [0.4, 0.5) is 5.69 Å². The number of anilines is 1. The number of aryl methyl sites for hydroxylation is 1. The highest BCUT2D eigenvalue weighted by Gasteiger charge is 2.35. The van der Waals surface area contributed by atoms with Crippen molar-refractivity contribution in [3.05, 3.63) is 87.4 Å². The lowest BCUT2D eigenvalue weighted by molar-refractivity contribution is 0.0344. The summed E-state index contributed by atoms with van der Waals surface area (Å²) in [5.41, 5.74) is 2.29. The first kappa shape index (κ1) is 31.1. The van der Waals surface area contributed by atoms with Crippen LogP contribution in [-0.4, -0.2) is 68.1 Å². The van der Waals surface area contributed by atoms with E-state index < -0.39 is 22.2 Å². The summed E-state index contributed by atoms with van der Waals surface area (Å²) in [7, 11) is -2.02. The molecule has 3 atom stereocenters. The molecule has 41 heavy (non-hydrogen) atoms. The van der Waals surface area contributed by atoms with Gasteiger partial charge in [-0.2, -0.15) is 0 Å². The summed E-state index contributed by atoms with van der Waals surface area (Å²) in [5, 5.41) is 10.9. The van der Waals surface area contributed by atoms with Crippen LogP contribution < -0.4 is 9.46 Å². The number of aliphatic hydroxyl groups excluding tert-OH is 1. The smallest absolute Gasteiger partial charge is 0.262 e. The minimum atomic E-state index is -3.97. The molecular formula is C30H35Cl2N3O5S. The zero-order valence-electron chi connectivity index (χ0n) is 23.5. The van der Waals surface area contributed by atoms with E-state index in [1.807, 2.05) is 33.0 Å². The summed E-state index contributed by atoms with van der Waals surface area (Å²) < 4.78 is 35.8. The number of para-hydroxylation sites is 1. The number of likely N-dealkylation sites (N-methyl/N-ethyl adjacent to an activating group) is 1. The molecule has 1 heterocycles. The zero-order chi connectivity index (χ0) is 29.9. The molecule has 0 unspecified atom stereocenters. The van der Waals surface area contributed by atoms with Gasteiger partial charge in [-0.15, -0.1) is 0 Å². The van der Waals surface area contributed by atoms with Gasteiger partial charge >= 0.3 is 0 Å². The summed E-state index contributed by atoms with van der Waals surface area (Å²) in [6, 6.07) is 16.4. The molecule has 0 saturated carbocycles. The number of hydrogen-bond donors (Lipinski definition) is 2. The predicted octanol–water partition coefficient (Wildman–Crippen LogP) is 5.45. The highest BCUT2D eigenvalue weighted by molar-refractivity contribution is 7.92. The molecule has 0 bridgehead atoms. The van der Waals surface area contributed by atoms with E-state index in [-0.39, 0.29) is 40.3 Å². The second-order valence-electron chi connectivity index (χ2n) is 10.7. The molecule has 0 spiro atoms. The lowest BCUT2D eigenvalue weighted by atomic mass is 9.99. The summed E-state index contributed by atoms with van der Waals surface area (Å²) >= 11 is 12.3. The lowest BCUT2D eigenvalue weighted by Crippen LogP contribution is -2.49. The Bertz CT molecular complexity index is 1500. The Morgan fingerprint density at radius 1 is 1.12 bits per heavy atom. The van der Waals surface area contributed by atoms with Gasteiger partial charge in [0.25, 0.3) is 15.9 Å². The molecule has 3 aromatic carbocycles. The molecule has 0 aromatic heterocycles. The van der Waals surface area contributed by atoms with E-state index in [0.717, 1.165) is 11.1 Å². The van der Waals surface area contributed by atoms with Crippen LogP contribution in [0.15, 0.2) is 65.6 Å². The number of halogens is 2. The van der Waals surface area contributed by atoms with Crippen LogP contribution in [0.3, 0.4) is 0 Å². The number of nitrogens with one attached hydrogen (secondary N) is 1. The third-order valence-electron chi connectivity index (χ3n) is 7.19. The standard InChI is InChI=1S/C30H35Cl2N3O5S/c1-19-8-11-23(12-9-19)41(38,39)33-27-7-5-6-24-29(27)40-28(20(2)15-35(30(24)37)21(3)18-36)17-34(4)16-22-10-13-25(31)26(32)14-22/h5-14,20-21,28,33,36H,15-18H2,1-4H3/t20-,21-,28+/m1/s1. The van der Waals surface area contributed by atoms with Gasteiger partial charge in [0.05, 0.1) is 38.8 Å². The number of rotatable bonds is 9. The minimum Gasteiger partial charge on any atom is -0.486 e. The average Bonchev–Trinajstić information content (AvgIpc) is 2.92. The first-order valence-electron chi connectivity index (χ1n) is 13.3. The van der Waals surface area contributed by atoms with Crippen molar-refractivity contribution >= 4 is 44.8 Å². The zero-order valence-corrected chi connectivity index (χ0v) is 25.8. The Morgan fingerprint density at radius 3 is 2.49 bits per heavy atom. The normalized spacial score (nSPS) is 18.3. The van der Waals surface area contributed by atoms with Gasteiger partial charge in [0.2, 0.25) is 0 Å². The van der Waals surface area contributed by atoms with Crippen molar-refractivity contribution in [3.63, 3.8) is 0 Å². The van der Waals surface area contributed by atoms with Gasteiger partial charge in [-0.05, 0) is 62.9 Å². The third kappa shape index (κ3) is 7.34. The largest absolute Gasteiger partial charge is 0.486 e. The Hall–Kier alpha value is -2.82. The van der Waals surface area contributed by atoms with Crippen molar-refractivity contribution in [2.75, 3.05) is 31.5 Å². The molecular weight excluding hydrogens is 585 g/mol. The predicted molar refractivity (Wildman–Crippen MR) is 162 cm³/mol. The maximum atomic E-state index is 13.7. The molecule has 0 radical (unpaired) electrons. The second-order valence-corrected chi connectivity index (χ2v) is 13.2. The molecule has 1 aliphatic heterocycles. The van der Waals surface area contributed by atoms with Gasteiger partial charge in [-0.25, -0.2) is 8.42 Å². The van der Waals surface area contributed by atoms with Gasteiger partial charge in [0, 0.05) is 25.6 Å².